The van der Waals surface area contributed by atoms with E-state index in [0.717, 1.165) is 0 Å². The van der Waals surface area contributed by atoms with E-state index in [0.29, 0.717) is 24.5 Å². The number of hydrogen-bond donors (Lipinski definition) is 2. The summed E-state index contributed by atoms with van der Waals surface area (Å²) in [4.78, 5) is 12.4. The van der Waals surface area contributed by atoms with E-state index in [1.165, 1.54) is 42.5 Å². The van der Waals surface area contributed by atoms with Crippen molar-refractivity contribution < 1.29 is 22.3 Å². The normalized spacial score (nSPS) is 16.0. The maximum atomic E-state index is 13.3. The van der Waals surface area contributed by atoms with Crippen LogP contribution in [0.1, 0.15) is 22.8 Å². The summed E-state index contributed by atoms with van der Waals surface area (Å²) in [6.07, 6.45) is 0. The Morgan fingerprint density at radius 2 is 1.92 bits per heavy atom. The Kier molecular flexibility index (Phi) is 4.83. The molecule has 0 aliphatic carbocycles. The van der Waals surface area contributed by atoms with Gasteiger partial charge in [0.25, 0.3) is 5.91 Å². The lowest BCUT2D eigenvalue weighted by atomic mass is 10.0. The van der Waals surface area contributed by atoms with E-state index in [-0.39, 0.29) is 16.3 Å². The number of hydrogen-bond acceptors (Lipinski definition) is 4. The van der Waals surface area contributed by atoms with E-state index in [4.69, 9.17) is 4.74 Å². The van der Waals surface area contributed by atoms with Gasteiger partial charge < -0.3 is 10.1 Å². The van der Waals surface area contributed by atoms with E-state index >= 15 is 0 Å². The average molecular weight is 378 g/mol. The Morgan fingerprint density at radius 3 is 2.54 bits per heavy atom. The van der Waals surface area contributed by atoms with Crippen LogP contribution < -0.4 is 10.0 Å². The zero-order valence-electron chi connectivity index (χ0n) is 14.4. The summed E-state index contributed by atoms with van der Waals surface area (Å²) < 4.78 is 46.0. The number of sulfonamides is 1. The Balaban J connectivity index is 1.79. The van der Waals surface area contributed by atoms with Crippen molar-refractivity contribution in [3.05, 3.63) is 59.4 Å². The molecular formula is C18H19FN2O4S. The van der Waals surface area contributed by atoms with Crippen LogP contribution in [0.3, 0.4) is 0 Å². The quantitative estimate of drug-likeness (QED) is 0.837. The minimum atomic E-state index is -3.78. The number of ether oxygens (including phenoxy) is 1. The molecule has 1 fully saturated rings. The van der Waals surface area contributed by atoms with Crippen LogP contribution in [0.5, 0.6) is 0 Å². The van der Waals surface area contributed by atoms with Crippen molar-refractivity contribution in [1.82, 2.24) is 4.72 Å². The van der Waals surface area contributed by atoms with Crippen molar-refractivity contribution >= 4 is 21.6 Å². The second-order valence-electron chi connectivity index (χ2n) is 6.60. The summed E-state index contributed by atoms with van der Waals surface area (Å²) in [7, 11) is -3.78. The highest BCUT2D eigenvalue weighted by molar-refractivity contribution is 7.89. The Morgan fingerprint density at radius 1 is 1.19 bits per heavy atom. The topological polar surface area (TPSA) is 84.5 Å². The molecule has 0 spiro atoms. The molecular weight excluding hydrogens is 359 g/mol. The van der Waals surface area contributed by atoms with Gasteiger partial charge in [-0.05, 0) is 55.8 Å². The van der Waals surface area contributed by atoms with Gasteiger partial charge in [0.2, 0.25) is 10.0 Å². The summed E-state index contributed by atoms with van der Waals surface area (Å²) in [6.45, 7) is 3.95. The lowest BCUT2D eigenvalue weighted by Crippen LogP contribution is -2.59. The van der Waals surface area contributed by atoms with Gasteiger partial charge in [-0.2, -0.15) is 0 Å². The van der Waals surface area contributed by atoms with Gasteiger partial charge in [0.15, 0.2) is 0 Å². The molecule has 0 aromatic heterocycles. The third-order valence-electron chi connectivity index (χ3n) is 4.04. The molecule has 8 heteroatoms. The van der Waals surface area contributed by atoms with Gasteiger partial charge >= 0.3 is 0 Å². The highest BCUT2D eigenvalue weighted by atomic mass is 32.2. The van der Waals surface area contributed by atoms with Crippen LogP contribution in [0, 0.1) is 12.7 Å². The fourth-order valence-corrected chi connectivity index (χ4v) is 4.00. The van der Waals surface area contributed by atoms with Crippen LogP contribution in [-0.4, -0.2) is 33.1 Å². The number of carbonyl (C=O) groups is 1. The van der Waals surface area contributed by atoms with Crippen LogP contribution in [0.4, 0.5) is 10.1 Å². The van der Waals surface area contributed by atoms with Crippen molar-refractivity contribution in [3.8, 4) is 0 Å². The first-order chi connectivity index (χ1) is 12.2. The van der Waals surface area contributed by atoms with Crippen molar-refractivity contribution in [1.29, 1.82) is 0 Å². The number of halogens is 1. The minimum Gasteiger partial charge on any atom is -0.377 e. The Labute approximate surface area is 151 Å². The number of carbonyl (C=O) groups excluding carboxylic acids is 1. The first-order valence-corrected chi connectivity index (χ1v) is 9.46. The lowest BCUT2D eigenvalue weighted by molar-refractivity contribution is -0.0523. The number of benzene rings is 2. The van der Waals surface area contributed by atoms with Gasteiger partial charge in [0, 0.05) is 11.3 Å². The number of amides is 1. The van der Waals surface area contributed by atoms with Gasteiger partial charge in [-0.15, -0.1) is 0 Å². The molecule has 1 aliphatic heterocycles. The predicted molar refractivity (Wildman–Crippen MR) is 95.1 cm³/mol. The highest BCUT2D eigenvalue weighted by Crippen LogP contribution is 2.21. The standard InChI is InChI=1S/C18H19FN2O4S/c1-12-8-14(6-7-16(12)19)20-17(22)13-4-3-5-15(9-13)26(23,24)21-18(2)10-25-11-18/h3-9,21H,10-11H2,1-2H3,(H,20,22). The third-order valence-corrected chi connectivity index (χ3v) is 5.68. The molecule has 2 N–H and O–H groups in total. The molecule has 0 unspecified atom stereocenters. The van der Waals surface area contributed by atoms with Gasteiger partial charge in [-0.25, -0.2) is 17.5 Å². The van der Waals surface area contributed by atoms with Gasteiger partial charge in [0.05, 0.1) is 23.6 Å². The summed E-state index contributed by atoms with van der Waals surface area (Å²) in [5, 5.41) is 2.63. The molecule has 0 radical (unpaired) electrons. The Hall–Kier alpha value is -2.29. The third kappa shape index (κ3) is 3.92. The molecule has 26 heavy (non-hydrogen) atoms. The number of nitrogens with one attached hydrogen (secondary N) is 2. The van der Waals surface area contributed by atoms with E-state index < -0.39 is 21.5 Å². The molecule has 1 amide bonds. The summed E-state index contributed by atoms with van der Waals surface area (Å²) in [5.41, 5.74) is 0.381. The van der Waals surface area contributed by atoms with Crippen molar-refractivity contribution in [3.63, 3.8) is 0 Å². The molecule has 1 aliphatic rings. The molecule has 138 valence electrons. The van der Waals surface area contributed by atoms with Gasteiger partial charge in [-0.1, -0.05) is 6.07 Å². The average Bonchev–Trinajstić information content (AvgIpc) is 2.56. The second kappa shape index (κ2) is 6.79. The smallest absolute Gasteiger partial charge is 0.255 e. The molecule has 1 heterocycles. The summed E-state index contributed by atoms with van der Waals surface area (Å²) in [5.74, 6) is -0.845. The molecule has 1 saturated heterocycles. The van der Waals surface area contributed by atoms with E-state index in [9.17, 15) is 17.6 Å². The van der Waals surface area contributed by atoms with E-state index in [1.54, 1.807) is 13.8 Å². The zero-order chi connectivity index (χ0) is 18.9. The lowest BCUT2D eigenvalue weighted by Gasteiger charge is -2.38. The number of aryl methyl sites for hydroxylation is 1. The molecule has 3 rings (SSSR count). The fourth-order valence-electron chi connectivity index (χ4n) is 2.58. The molecule has 0 atom stereocenters. The van der Waals surface area contributed by atoms with Gasteiger partial charge in [0.1, 0.15) is 5.82 Å². The first kappa shape index (κ1) is 18.5. The van der Waals surface area contributed by atoms with Crippen LogP contribution >= 0.6 is 0 Å². The van der Waals surface area contributed by atoms with Crippen molar-refractivity contribution in [2.45, 2.75) is 24.3 Å². The van der Waals surface area contributed by atoms with Crippen molar-refractivity contribution in [2.75, 3.05) is 18.5 Å². The molecule has 2 aromatic carbocycles. The Bertz CT molecular complexity index is 955. The maximum Gasteiger partial charge on any atom is 0.255 e. The van der Waals surface area contributed by atoms with Crippen LogP contribution in [0.2, 0.25) is 0 Å². The van der Waals surface area contributed by atoms with E-state index in [2.05, 4.69) is 10.0 Å². The molecule has 0 bridgehead atoms. The first-order valence-electron chi connectivity index (χ1n) is 7.98. The highest BCUT2D eigenvalue weighted by Gasteiger charge is 2.37. The molecule has 6 nitrogen and oxygen atoms in total. The van der Waals surface area contributed by atoms with E-state index in [1.807, 2.05) is 0 Å². The summed E-state index contributed by atoms with van der Waals surface area (Å²) >= 11 is 0. The van der Waals surface area contributed by atoms with Crippen LogP contribution in [0.25, 0.3) is 0 Å². The predicted octanol–water partition coefficient (Wildman–Crippen LogP) is 2.45. The van der Waals surface area contributed by atoms with Gasteiger partial charge in [-0.3, -0.25) is 4.79 Å². The molecule has 0 saturated carbocycles. The maximum absolute atomic E-state index is 13.3. The summed E-state index contributed by atoms with van der Waals surface area (Å²) in [6, 6.07) is 9.95. The fraction of sp³-hybridized carbons (Fsp3) is 0.278. The monoisotopic (exact) mass is 378 g/mol. The number of anilines is 1. The van der Waals surface area contributed by atoms with Crippen LogP contribution in [0.15, 0.2) is 47.4 Å². The number of rotatable bonds is 5. The second-order valence-corrected chi connectivity index (χ2v) is 8.29. The minimum absolute atomic E-state index is 0.00596. The van der Waals surface area contributed by atoms with Crippen molar-refractivity contribution in [2.24, 2.45) is 0 Å². The SMILES string of the molecule is Cc1cc(NC(=O)c2cccc(S(=O)(=O)NC3(C)COC3)c2)ccc1F. The largest absolute Gasteiger partial charge is 0.377 e. The van der Waals surface area contributed by atoms with Crippen LogP contribution in [-0.2, 0) is 14.8 Å². The zero-order valence-corrected chi connectivity index (χ0v) is 15.2. The molecule has 2 aromatic rings.